The highest BCUT2D eigenvalue weighted by Gasteiger charge is 2.53. The molecule has 556 valence electrons. The second kappa shape index (κ2) is 57.4. The highest BCUT2D eigenvalue weighted by Crippen LogP contribution is 2.33. The molecule has 0 saturated carbocycles. The average molecular weight is 1350 g/mol. The van der Waals surface area contributed by atoms with Crippen LogP contribution in [0.25, 0.3) is 0 Å². The molecule has 0 aromatic heterocycles. The van der Waals surface area contributed by atoms with E-state index in [2.05, 4.69) is 55.6 Å². The Morgan fingerprint density at radius 3 is 1.08 bits per heavy atom. The van der Waals surface area contributed by atoms with Gasteiger partial charge in [0.05, 0.1) is 38.6 Å². The number of unbranched alkanes of at least 4 members (excludes halogenated alkanes) is 38. The lowest BCUT2D eigenvalue weighted by Crippen LogP contribution is -2.66. The van der Waals surface area contributed by atoms with Gasteiger partial charge in [-0.1, -0.05) is 281 Å². The minimum Gasteiger partial charge on any atom is -0.394 e. The van der Waals surface area contributed by atoms with E-state index in [0.29, 0.717) is 6.42 Å². The first-order valence-electron chi connectivity index (χ1n) is 38.4. The van der Waals surface area contributed by atoms with Crippen molar-refractivity contribution in [3.8, 4) is 0 Å². The Balaban J connectivity index is 1.41. The van der Waals surface area contributed by atoms with Crippen LogP contribution in [0.15, 0.2) is 48.6 Å². The maximum atomic E-state index is 13.5. The number of hydrogen-bond donors (Lipinski definition) is 12. The Kier molecular flexibility index (Phi) is 52.5. The summed E-state index contributed by atoms with van der Waals surface area (Å²) >= 11 is 0. The maximum Gasteiger partial charge on any atom is 0.220 e. The van der Waals surface area contributed by atoms with E-state index in [1.165, 1.54) is 199 Å². The summed E-state index contributed by atoms with van der Waals surface area (Å²) in [5.41, 5.74) is 0. The van der Waals surface area contributed by atoms with E-state index >= 15 is 0 Å². The molecule has 0 bridgehead atoms. The summed E-state index contributed by atoms with van der Waals surface area (Å²) in [6.07, 6.45) is 43.7. The van der Waals surface area contributed by atoms with Gasteiger partial charge in [0.2, 0.25) is 5.91 Å². The van der Waals surface area contributed by atoms with Gasteiger partial charge >= 0.3 is 0 Å². The largest absolute Gasteiger partial charge is 0.394 e. The zero-order chi connectivity index (χ0) is 68.9. The minimum absolute atomic E-state index is 0.238. The lowest BCUT2D eigenvalue weighted by atomic mass is 9.96. The molecule has 0 aromatic carbocycles. The summed E-state index contributed by atoms with van der Waals surface area (Å²) in [6.45, 7) is 1.76. The molecule has 3 aliphatic rings. The lowest BCUT2D eigenvalue weighted by Gasteiger charge is -2.48. The highest BCUT2D eigenvalue weighted by molar-refractivity contribution is 5.76. The molecule has 19 nitrogen and oxygen atoms in total. The number of hydrogen-bond acceptors (Lipinski definition) is 18. The van der Waals surface area contributed by atoms with Gasteiger partial charge in [0.25, 0.3) is 0 Å². The van der Waals surface area contributed by atoms with Crippen molar-refractivity contribution in [3.63, 3.8) is 0 Å². The fourth-order valence-corrected chi connectivity index (χ4v) is 12.9. The number of carbonyl (C=O) groups excluding carboxylic acids is 1. The second-order valence-corrected chi connectivity index (χ2v) is 27.5. The summed E-state index contributed by atoms with van der Waals surface area (Å²) in [7, 11) is 0. The van der Waals surface area contributed by atoms with Gasteiger partial charge in [-0.3, -0.25) is 4.79 Å². The number of amides is 1. The Bertz CT molecular complexity index is 1910. The van der Waals surface area contributed by atoms with Gasteiger partial charge in [-0.15, -0.1) is 0 Å². The molecule has 17 unspecified atom stereocenters. The van der Waals surface area contributed by atoms with Crippen molar-refractivity contribution < 1.29 is 89.4 Å². The molecule has 0 aliphatic carbocycles. The number of aliphatic hydroxyl groups is 11. The quantitative estimate of drug-likeness (QED) is 0.0199. The normalized spacial score (nSPS) is 27.4. The fraction of sp³-hybridized carbons (Fsp3) is 0.882. The van der Waals surface area contributed by atoms with Crippen LogP contribution in [0.3, 0.4) is 0 Å². The Morgan fingerprint density at radius 2 is 0.695 bits per heavy atom. The third kappa shape index (κ3) is 38.4. The van der Waals surface area contributed by atoms with Crippen molar-refractivity contribution in [1.29, 1.82) is 0 Å². The van der Waals surface area contributed by atoms with Gasteiger partial charge in [0.15, 0.2) is 18.9 Å². The molecule has 0 aromatic rings. The molecule has 1 amide bonds. The van der Waals surface area contributed by atoms with E-state index in [-0.39, 0.29) is 18.9 Å². The third-order valence-corrected chi connectivity index (χ3v) is 19.1. The zero-order valence-electron chi connectivity index (χ0n) is 59.2. The third-order valence-electron chi connectivity index (χ3n) is 19.1. The van der Waals surface area contributed by atoms with Crippen molar-refractivity contribution in [2.24, 2.45) is 0 Å². The first kappa shape index (κ1) is 87.0. The molecule has 3 fully saturated rings. The van der Waals surface area contributed by atoms with E-state index in [1.807, 2.05) is 6.08 Å². The summed E-state index contributed by atoms with van der Waals surface area (Å²) in [6, 6.07) is -0.978. The van der Waals surface area contributed by atoms with Crippen LogP contribution >= 0.6 is 0 Å². The molecule has 12 N–H and O–H groups in total. The number of carbonyl (C=O) groups is 1. The number of nitrogens with one attached hydrogen (secondary N) is 1. The summed E-state index contributed by atoms with van der Waals surface area (Å²) in [5.74, 6) is -0.277. The predicted octanol–water partition coefficient (Wildman–Crippen LogP) is 11.7. The van der Waals surface area contributed by atoms with Crippen LogP contribution in [0, 0.1) is 0 Å². The molecular weight excluding hydrogens is 1210 g/mol. The average Bonchev–Trinajstić information content (AvgIpc) is 0.787. The van der Waals surface area contributed by atoms with E-state index in [4.69, 9.17) is 28.4 Å². The molecule has 0 spiro atoms. The topological polar surface area (TPSA) is 307 Å². The van der Waals surface area contributed by atoms with Crippen LogP contribution < -0.4 is 5.32 Å². The van der Waals surface area contributed by atoms with Gasteiger partial charge in [0, 0.05) is 6.42 Å². The van der Waals surface area contributed by atoms with Gasteiger partial charge in [-0.2, -0.15) is 0 Å². The van der Waals surface area contributed by atoms with Crippen LogP contribution in [0.1, 0.15) is 296 Å². The van der Waals surface area contributed by atoms with Crippen molar-refractivity contribution in [3.05, 3.63) is 48.6 Å². The van der Waals surface area contributed by atoms with Gasteiger partial charge < -0.3 is 89.9 Å². The minimum atomic E-state index is -1.98. The van der Waals surface area contributed by atoms with E-state index in [0.717, 1.165) is 70.6 Å². The lowest BCUT2D eigenvalue weighted by molar-refractivity contribution is -0.379. The molecule has 95 heavy (non-hydrogen) atoms. The number of aliphatic hydroxyl groups excluding tert-OH is 11. The van der Waals surface area contributed by atoms with Crippen LogP contribution in [-0.4, -0.2) is 193 Å². The first-order chi connectivity index (χ1) is 46.3. The molecule has 3 saturated heterocycles. The van der Waals surface area contributed by atoms with Crippen molar-refractivity contribution >= 4 is 5.91 Å². The maximum absolute atomic E-state index is 13.5. The van der Waals surface area contributed by atoms with Crippen molar-refractivity contribution in [2.45, 2.75) is 401 Å². The van der Waals surface area contributed by atoms with Gasteiger partial charge in [-0.05, 0) is 57.8 Å². The predicted molar refractivity (Wildman–Crippen MR) is 374 cm³/mol. The molecule has 3 heterocycles. The molecular formula is C76H139NO18. The van der Waals surface area contributed by atoms with Crippen LogP contribution in [0.2, 0.25) is 0 Å². The molecule has 0 radical (unpaired) electrons. The first-order valence-corrected chi connectivity index (χ1v) is 38.4. The Hall–Kier alpha value is -2.25. The second-order valence-electron chi connectivity index (χ2n) is 27.5. The zero-order valence-corrected chi connectivity index (χ0v) is 59.2. The summed E-state index contributed by atoms with van der Waals surface area (Å²) in [5, 5.41) is 121. The van der Waals surface area contributed by atoms with Crippen LogP contribution in [0.5, 0.6) is 0 Å². The standard InChI is InChI=1S/C76H139NO18/c1-3-5-7-9-11-13-15-17-19-21-23-25-27-29-31-33-35-37-39-41-43-45-47-49-51-53-60(81)59(77-64(82)54-52-50-48-46-44-42-40-38-36-34-32-30-28-26-24-22-20-18-16-14-12-10-8-6-4-2)58-90-74-70(88)67(85)72(62(56-79)92-74)95-76-71(89)68(86)73(63(57-80)93-76)94-75-69(87)66(84)65(83)61(55-78)91-75/h16,18,22,24,28,30,51,53,59-63,65-76,78-81,83-89H,3-15,17,19-21,23,25-27,29,31-50,52,54-58H2,1-2H3,(H,77,82)/b18-16-,24-22-,30-28-,53-51+. The van der Waals surface area contributed by atoms with Gasteiger partial charge in [0.1, 0.15) is 73.2 Å². The highest BCUT2D eigenvalue weighted by atomic mass is 16.8. The van der Waals surface area contributed by atoms with E-state index < -0.39 is 124 Å². The smallest absolute Gasteiger partial charge is 0.220 e. The Labute approximate surface area is 573 Å². The molecule has 3 aliphatic heterocycles. The summed E-state index contributed by atoms with van der Waals surface area (Å²) in [4.78, 5) is 13.5. The summed E-state index contributed by atoms with van der Waals surface area (Å²) < 4.78 is 34.4. The number of allylic oxidation sites excluding steroid dienone is 7. The van der Waals surface area contributed by atoms with Crippen molar-refractivity contribution in [2.75, 3.05) is 26.4 Å². The van der Waals surface area contributed by atoms with Gasteiger partial charge in [-0.25, -0.2) is 0 Å². The monoisotopic (exact) mass is 1350 g/mol. The number of ether oxygens (including phenoxy) is 6. The molecule has 17 atom stereocenters. The molecule has 19 heteroatoms. The SMILES string of the molecule is CCCCCCC/C=C\C/C=C\C/C=C\CCCCCCCCCCCCC(=O)NC(COC1OC(CO)C(OC2OC(CO)C(OC3OC(CO)C(O)C(O)C3O)C(O)C2O)C(O)C1O)C(O)/C=C/CCCCCCCCCCCCCCCCCCCCCCCCC. The van der Waals surface area contributed by atoms with E-state index in [1.54, 1.807) is 6.08 Å². The van der Waals surface area contributed by atoms with Crippen LogP contribution in [-0.2, 0) is 33.2 Å². The van der Waals surface area contributed by atoms with Crippen molar-refractivity contribution in [1.82, 2.24) is 5.32 Å². The Morgan fingerprint density at radius 1 is 0.379 bits per heavy atom. The van der Waals surface area contributed by atoms with Crippen LogP contribution in [0.4, 0.5) is 0 Å². The van der Waals surface area contributed by atoms with E-state index in [9.17, 15) is 61.0 Å². The fourth-order valence-electron chi connectivity index (χ4n) is 12.9. The molecule has 3 rings (SSSR count). The number of rotatable bonds is 60.